The lowest BCUT2D eigenvalue weighted by atomic mass is 9.99. The number of ether oxygens (including phenoxy) is 1. The van der Waals surface area contributed by atoms with E-state index in [2.05, 4.69) is 11.2 Å². The van der Waals surface area contributed by atoms with E-state index in [1.165, 1.54) is 44.4 Å². The summed E-state index contributed by atoms with van der Waals surface area (Å²) in [5.41, 5.74) is 0. The van der Waals surface area contributed by atoms with Crippen molar-refractivity contribution in [1.82, 2.24) is 4.90 Å². The molecular weight excluding hydrogens is 246 g/mol. The van der Waals surface area contributed by atoms with E-state index in [9.17, 15) is 5.11 Å². The zero-order chi connectivity index (χ0) is 13.1. The molecule has 0 unspecified atom stereocenters. The van der Waals surface area contributed by atoms with Crippen LogP contribution in [-0.4, -0.2) is 61.5 Å². The molecule has 0 aromatic rings. The summed E-state index contributed by atoms with van der Waals surface area (Å²) in [7, 11) is 0. The number of nitrogens with zero attached hydrogens (tertiary/aromatic N) is 1. The van der Waals surface area contributed by atoms with Gasteiger partial charge >= 0.3 is 0 Å². The van der Waals surface area contributed by atoms with Gasteiger partial charge in [0, 0.05) is 19.7 Å². The highest BCUT2D eigenvalue weighted by atomic mass is 32.2. The van der Waals surface area contributed by atoms with Crippen LogP contribution in [0.3, 0.4) is 0 Å². The van der Waals surface area contributed by atoms with Gasteiger partial charge < -0.3 is 9.84 Å². The number of thioether (sulfide) groups is 1. The van der Waals surface area contributed by atoms with E-state index < -0.39 is 0 Å². The average molecular weight is 275 g/mol. The highest BCUT2D eigenvalue weighted by Crippen LogP contribution is 2.15. The van der Waals surface area contributed by atoms with Crippen molar-refractivity contribution >= 4 is 11.8 Å². The van der Waals surface area contributed by atoms with Crippen molar-refractivity contribution in [1.29, 1.82) is 0 Å². The highest BCUT2D eigenvalue weighted by Gasteiger charge is 2.10. The van der Waals surface area contributed by atoms with Gasteiger partial charge in [0.1, 0.15) is 0 Å². The second-order valence-electron chi connectivity index (χ2n) is 5.13. The molecule has 0 saturated carbocycles. The predicted molar refractivity (Wildman–Crippen MR) is 79.3 cm³/mol. The molecule has 0 spiro atoms. The maximum Gasteiger partial charge on any atom is 0.0594 e. The molecule has 0 bridgehead atoms. The van der Waals surface area contributed by atoms with Crippen molar-refractivity contribution in [3.8, 4) is 0 Å². The average Bonchev–Trinajstić information content (AvgIpc) is 2.43. The zero-order valence-corrected chi connectivity index (χ0v) is 12.6. The molecule has 1 atom stereocenters. The first-order valence-electron chi connectivity index (χ1n) is 7.26. The van der Waals surface area contributed by atoms with Crippen molar-refractivity contribution < 1.29 is 9.84 Å². The van der Waals surface area contributed by atoms with Crippen LogP contribution in [0.25, 0.3) is 0 Å². The van der Waals surface area contributed by atoms with Gasteiger partial charge in [0.25, 0.3) is 0 Å². The summed E-state index contributed by atoms with van der Waals surface area (Å²) >= 11 is 1.88. The lowest BCUT2D eigenvalue weighted by Gasteiger charge is -2.26. The molecule has 0 amide bonds. The molecule has 108 valence electrons. The highest BCUT2D eigenvalue weighted by molar-refractivity contribution is 7.98. The minimum atomic E-state index is 0.365. The van der Waals surface area contributed by atoms with Crippen LogP contribution >= 0.6 is 11.8 Å². The quantitative estimate of drug-likeness (QED) is 0.620. The molecule has 1 N–H and O–H groups in total. The lowest BCUT2D eigenvalue weighted by molar-refractivity contribution is 0.0370. The third kappa shape index (κ3) is 7.62. The fourth-order valence-corrected chi connectivity index (χ4v) is 2.95. The predicted octanol–water partition coefficient (Wildman–Crippen LogP) is 2.24. The first-order chi connectivity index (χ1) is 8.86. The first kappa shape index (κ1) is 16.3. The van der Waals surface area contributed by atoms with Crippen LogP contribution in [-0.2, 0) is 4.74 Å². The van der Waals surface area contributed by atoms with Gasteiger partial charge in [-0.2, -0.15) is 11.8 Å². The van der Waals surface area contributed by atoms with Crippen molar-refractivity contribution in [2.75, 3.05) is 51.5 Å². The van der Waals surface area contributed by atoms with Crippen LogP contribution in [0.5, 0.6) is 0 Å². The van der Waals surface area contributed by atoms with Crippen molar-refractivity contribution in [3.05, 3.63) is 0 Å². The molecule has 0 aliphatic carbocycles. The Morgan fingerprint density at radius 3 is 2.61 bits per heavy atom. The molecule has 3 nitrogen and oxygen atoms in total. The Morgan fingerprint density at radius 1 is 1.17 bits per heavy atom. The number of hydrogen-bond acceptors (Lipinski definition) is 4. The minimum absolute atomic E-state index is 0.365. The van der Waals surface area contributed by atoms with Crippen molar-refractivity contribution in [2.45, 2.75) is 32.1 Å². The Bertz CT molecular complexity index is 187. The molecule has 1 heterocycles. The molecule has 0 aromatic heterocycles. The largest absolute Gasteiger partial charge is 0.396 e. The summed E-state index contributed by atoms with van der Waals surface area (Å²) in [6.45, 7) is 5.60. The molecular formula is C14H29NO2S. The Kier molecular flexibility index (Phi) is 10.0. The second-order valence-corrected chi connectivity index (χ2v) is 6.12. The summed E-state index contributed by atoms with van der Waals surface area (Å²) in [5, 5.41) is 9.28. The van der Waals surface area contributed by atoms with Gasteiger partial charge in [-0.3, -0.25) is 4.90 Å². The number of morpholine rings is 1. The third-order valence-electron chi connectivity index (χ3n) is 3.68. The third-order valence-corrected chi connectivity index (χ3v) is 4.32. The number of rotatable bonds is 10. The minimum Gasteiger partial charge on any atom is -0.396 e. The molecule has 4 heteroatoms. The molecule has 1 saturated heterocycles. The van der Waals surface area contributed by atoms with Crippen LogP contribution in [0.15, 0.2) is 0 Å². The maximum absolute atomic E-state index is 9.28. The molecule has 0 radical (unpaired) electrons. The van der Waals surface area contributed by atoms with Crippen molar-refractivity contribution in [3.63, 3.8) is 0 Å². The summed E-state index contributed by atoms with van der Waals surface area (Å²) in [6, 6.07) is 0. The Hall–Kier alpha value is 0.230. The number of unbranched alkanes of at least 4 members (excludes halogenated alkanes) is 2. The Morgan fingerprint density at radius 2 is 1.94 bits per heavy atom. The van der Waals surface area contributed by atoms with Crippen LogP contribution in [0.4, 0.5) is 0 Å². The van der Waals surface area contributed by atoms with E-state index in [0.29, 0.717) is 12.5 Å². The van der Waals surface area contributed by atoms with E-state index in [-0.39, 0.29) is 0 Å². The van der Waals surface area contributed by atoms with Crippen molar-refractivity contribution in [2.24, 2.45) is 5.92 Å². The van der Waals surface area contributed by atoms with E-state index in [0.717, 1.165) is 26.3 Å². The number of aliphatic hydroxyl groups is 1. The summed E-state index contributed by atoms with van der Waals surface area (Å²) < 4.78 is 5.34. The van der Waals surface area contributed by atoms with Crippen LogP contribution in [0.1, 0.15) is 32.1 Å². The monoisotopic (exact) mass is 275 g/mol. The van der Waals surface area contributed by atoms with Gasteiger partial charge in [-0.25, -0.2) is 0 Å². The fourth-order valence-electron chi connectivity index (χ4n) is 2.38. The Balaban J connectivity index is 1.93. The molecule has 18 heavy (non-hydrogen) atoms. The van der Waals surface area contributed by atoms with Gasteiger partial charge in [0.05, 0.1) is 13.2 Å². The van der Waals surface area contributed by atoms with Gasteiger partial charge in [0.2, 0.25) is 0 Å². The fraction of sp³-hybridized carbons (Fsp3) is 1.00. The van der Waals surface area contributed by atoms with Crippen LogP contribution in [0.2, 0.25) is 0 Å². The molecule has 0 aromatic carbocycles. The van der Waals surface area contributed by atoms with Gasteiger partial charge in [-0.15, -0.1) is 0 Å². The normalized spacial score (nSPS) is 19.0. The lowest BCUT2D eigenvalue weighted by Crippen LogP contribution is -2.36. The van der Waals surface area contributed by atoms with Gasteiger partial charge in [-0.1, -0.05) is 12.8 Å². The topological polar surface area (TPSA) is 32.7 Å². The molecule has 1 aliphatic rings. The van der Waals surface area contributed by atoms with Gasteiger partial charge in [-0.05, 0) is 43.7 Å². The van der Waals surface area contributed by atoms with E-state index in [1.54, 1.807) is 0 Å². The molecule has 1 aliphatic heterocycles. The smallest absolute Gasteiger partial charge is 0.0594 e. The van der Waals surface area contributed by atoms with E-state index in [1.807, 2.05) is 11.8 Å². The SMILES string of the molecule is CSCC[C@H](CO)CCCCCN1CCOCC1. The van der Waals surface area contributed by atoms with Crippen LogP contribution < -0.4 is 0 Å². The summed E-state index contributed by atoms with van der Waals surface area (Å²) in [6.07, 6.45) is 8.36. The zero-order valence-electron chi connectivity index (χ0n) is 11.8. The molecule has 1 rings (SSSR count). The first-order valence-corrected chi connectivity index (χ1v) is 8.66. The maximum atomic E-state index is 9.28. The number of aliphatic hydroxyl groups excluding tert-OH is 1. The standard InChI is InChI=1S/C14H29NO2S/c1-18-12-6-14(13-16)5-3-2-4-7-15-8-10-17-11-9-15/h14,16H,2-13H2,1H3/t14-/m1/s1. The van der Waals surface area contributed by atoms with E-state index >= 15 is 0 Å². The van der Waals surface area contributed by atoms with Gasteiger partial charge in [0.15, 0.2) is 0 Å². The number of hydrogen-bond donors (Lipinski definition) is 1. The Labute approximate surface area is 116 Å². The molecule has 1 fully saturated rings. The summed E-state index contributed by atoms with van der Waals surface area (Å²) in [4.78, 5) is 2.50. The second kappa shape index (κ2) is 11.1. The summed E-state index contributed by atoms with van der Waals surface area (Å²) in [5.74, 6) is 1.71. The van der Waals surface area contributed by atoms with Crippen LogP contribution in [0, 0.1) is 5.92 Å². The van der Waals surface area contributed by atoms with E-state index in [4.69, 9.17) is 4.74 Å².